The highest BCUT2D eigenvalue weighted by Crippen LogP contribution is 2.23. The third-order valence-corrected chi connectivity index (χ3v) is 6.34. The zero-order chi connectivity index (χ0) is 20.1. The molecule has 1 aliphatic rings. The van der Waals surface area contributed by atoms with Crippen molar-refractivity contribution in [3.63, 3.8) is 0 Å². The fraction of sp³-hybridized carbons (Fsp3) is 0.350. The van der Waals surface area contributed by atoms with Gasteiger partial charge >= 0.3 is 0 Å². The number of hydrogen-bond acceptors (Lipinski definition) is 4. The zero-order valence-electron chi connectivity index (χ0n) is 15.7. The Morgan fingerprint density at radius 2 is 1.75 bits per heavy atom. The van der Waals surface area contributed by atoms with Crippen molar-refractivity contribution in [3.05, 3.63) is 52.5 Å². The Kier molecular flexibility index (Phi) is 6.61. The molecular weight excluding hydrogens is 442 g/mol. The van der Waals surface area contributed by atoms with Crippen molar-refractivity contribution < 1.29 is 13.2 Å². The summed E-state index contributed by atoms with van der Waals surface area (Å²) in [5, 5.41) is 2.65. The highest BCUT2D eigenvalue weighted by molar-refractivity contribution is 9.10. The van der Waals surface area contributed by atoms with Gasteiger partial charge in [-0.3, -0.25) is 9.52 Å². The lowest BCUT2D eigenvalue weighted by Gasteiger charge is -2.28. The van der Waals surface area contributed by atoms with Crippen molar-refractivity contribution >= 4 is 48.9 Å². The van der Waals surface area contributed by atoms with Crippen LogP contribution in [-0.2, 0) is 14.8 Å². The molecule has 1 saturated heterocycles. The van der Waals surface area contributed by atoms with E-state index in [1.807, 2.05) is 31.2 Å². The summed E-state index contributed by atoms with van der Waals surface area (Å²) in [5.41, 5.74) is 2.98. The van der Waals surface area contributed by atoms with E-state index >= 15 is 0 Å². The van der Waals surface area contributed by atoms with Gasteiger partial charge in [0.15, 0.2) is 0 Å². The molecule has 0 aromatic heterocycles. The Morgan fingerprint density at radius 3 is 2.43 bits per heavy atom. The van der Waals surface area contributed by atoms with E-state index in [1.165, 1.54) is 19.3 Å². The molecule has 1 fully saturated rings. The van der Waals surface area contributed by atoms with Gasteiger partial charge in [-0.15, -0.1) is 0 Å². The maximum atomic E-state index is 12.3. The van der Waals surface area contributed by atoms with E-state index in [4.69, 9.17) is 0 Å². The lowest BCUT2D eigenvalue weighted by molar-refractivity contribution is -0.113. The smallest absolute Gasteiger partial charge is 0.241 e. The van der Waals surface area contributed by atoms with Gasteiger partial charge in [-0.25, -0.2) is 8.42 Å². The molecule has 0 radical (unpaired) electrons. The number of anilines is 3. The topological polar surface area (TPSA) is 78.5 Å². The fourth-order valence-corrected chi connectivity index (χ4v) is 4.54. The number of hydrogen-bond donors (Lipinski definition) is 2. The molecule has 1 aliphatic heterocycles. The molecule has 1 amide bonds. The van der Waals surface area contributed by atoms with Gasteiger partial charge < -0.3 is 10.2 Å². The van der Waals surface area contributed by atoms with E-state index in [-0.39, 0.29) is 0 Å². The zero-order valence-corrected chi connectivity index (χ0v) is 18.1. The molecule has 1 heterocycles. The Morgan fingerprint density at radius 1 is 1.07 bits per heavy atom. The second-order valence-corrected chi connectivity index (χ2v) is 9.60. The van der Waals surface area contributed by atoms with Crippen molar-refractivity contribution in [2.24, 2.45) is 0 Å². The minimum absolute atomic E-state index is 0.451. The van der Waals surface area contributed by atoms with E-state index in [0.717, 1.165) is 28.8 Å². The molecule has 0 spiro atoms. The number of benzene rings is 2. The summed E-state index contributed by atoms with van der Waals surface area (Å²) in [6.45, 7) is 3.90. The Balaban J connectivity index is 1.60. The van der Waals surface area contributed by atoms with Crippen molar-refractivity contribution in [2.45, 2.75) is 26.2 Å². The monoisotopic (exact) mass is 465 g/mol. The van der Waals surface area contributed by atoms with E-state index < -0.39 is 21.7 Å². The van der Waals surface area contributed by atoms with E-state index in [9.17, 15) is 13.2 Å². The Labute approximate surface area is 174 Å². The second kappa shape index (κ2) is 8.96. The molecule has 28 heavy (non-hydrogen) atoms. The van der Waals surface area contributed by atoms with Crippen LogP contribution in [0.5, 0.6) is 0 Å². The molecule has 0 bridgehead atoms. The van der Waals surface area contributed by atoms with Crippen LogP contribution in [0.15, 0.2) is 46.9 Å². The molecule has 0 aliphatic carbocycles. The number of carbonyl (C=O) groups excluding carboxylic acids is 1. The Bertz CT molecular complexity index is 940. The minimum atomic E-state index is -3.80. The van der Waals surface area contributed by atoms with Crippen molar-refractivity contribution in [1.29, 1.82) is 0 Å². The molecule has 0 atom stereocenters. The first-order chi connectivity index (χ1) is 13.3. The van der Waals surface area contributed by atoms with Crippen LogP contribution in [0.3, 0.4) is 0 Å². The summed E-state index contributed by atoms with van der Waals surface area (Å²) in [6, 6.07) is 12.7. The lowest BCUT2D eigenvalue weighted by Crippen LogP contribution is -2.29. The van der Waals surface area contributed by atoms with E-state index in [1.54, 1.807) is 18.2 Å². The van der Waals surface area contributed by atoms with Crippen molar-refractivity contribution in [3.8, 4) is 0 Å². The number of piperidine rings is 1. The molecule has 2 aromatic rings. The molecule has 150 valence electrons. The Hall–Kier alpha value is -2.06. The van der Waals surface area contributed by atoms with Crippen LogP contribution >= 0.6 is 15.9 Å². The highest BCUT2D eigenvalue weighted by Gasteiger charge is 2.18. The molecule has 2 aromatic carbocycles. The average Bonchev–Trinajstić information content (AvgIpc) is 2.65. The first-order valence-corrected chi connectivity index (χ1v) is 11.7. The summed E-state index contributed by atoms with van der Waals surface area (Å²) < 4.78 is 28.0. The number of aryl methyl sites for hydroxylation is 1. The van der Waals surface area contributed by atoms with Crippen LogP contribution in [0.2, 0.25) is 0 Å². The summed E-state index contributed by atoms with van der Waals surface area (Å²) in [5.74, 6) is -1.23. The molecule has 3 rings (SSSR count). The van der Waals surface area contributed by atoms with Crippen LogP contribution in [0.1, 0.15) is 24.8 Å². The molecule has 8 heteroatoms. The van der Waals surface area contributed by atoms with Crippen LogP contribution < -0.4 is 14.9 Å². The van der Waals surface area contributed by atoms with Gasteiger partial charge in [-0.05, 0) is 68.1 Å². The number of carbonyl (C=O) groups is 1. The van der Waals surface area contributed by atoms with Gasteiger partial charge in [0.05, 0.1) is 0 Å². The second-order valence-electron chi connectivity index (χ2n) is 6.96. The highest BCUT2D eigenvalue weighted by atomic mass is 79.9. The standard InChI is InChI=1S/C20H24BrN3O3S/c1-15-5-6-16(21)13-19(15)22-20(25)14-28(26,27)23-17-7-9-18(10-8-17)24-11-3-2-4-12-24/h5-10,13,23H,2-4,11-12,14H2,1H3,(H,22,25). The van der Waals surface area contributed by atoms with Crippen LogP contribution in [0.4, 0.5) is 17.1 Å². The van der Waals surface area contributed by atoms with Gasteiger partial charge in [-0.1, -0.05) is 22.0 Å². The summed E-state index contributed by atoms with van der Waals surface area (Å²) in [6.07, 6.45) is 3.62. The molecule has 0 saturated carbocycles. The maximum Gasteiger partial charge on any atom is 0.241 e. The summed E-state index contributed by atoms with van der Waals surface area (Å²) in [7, 11) is -3.80. The number of amides is 1. The third-order valence-electron chi connectivity index (χ3n) is 4.66. The van der Waals surface area contributed by atoms with Crippen LogP contribution in [0.25, 0.3) is 0 Å². The predicted molar refractivity (Wildman–Crippen MR) is 117 cm³/mol. The average molecular weight is 466 g/mol. The largest absolute Gasteiger partial charge is 0.372 e. The number of nitrogens with one attached hydrogen (secondary N) is 2. The predicted octanol–water partition coefficient (Wildman–Crippen LogP) is 4.13. The molecular formula is C20H24BrN3O3S. The summed E-state index contributed by atoms with van der Waals surface area (Å²) >= 11 is 3.34. The van der Waals surface area contributed by atoms with Crippen molar-refractivity contribution in [2.75, 3.05) is 33.8 Å². The number of halogens is 1. The quantitative estimate of drug-likeness (QED) is 0.671. The normalized spacial score (nSPS) is 14.6. The molecule has 2 N–H and O–H groups in total. The number of nitrogens with zero attached hydrogens (tertiary/aromatic N) is 1. The van der Waals surface area contributed by atoms with Crippen LogP contribution in [0, 0.1) is 6.92 Å². The van der Waals surface area contributed by atoms with Crippen molar-refractivity contribution in [1.82, 2.24) is 0 Å². The van der Waals surface area contributed by atoms with Gasteiger partial charge in [0, 0.05) is 34.6 Å². The maximum absolute atomic E-state index is 12.3. The SMILES string of the molecule is Cc1ccc(Br)cc1NC(=O)CS(=O)(=O)Nc1ccc(N2CCCCC2)cc1. The lowest BCUT2D eigenvalue weighted by atomic mass is 10.1. The van der Waals surface area contributed by atoms with Crippen LogP contribution in [-0.4, -0.2) is 33.2 Å². The number of rotatable bonds is 6. The molecule has 0 unspecified atom stereocenters. The molecule has 6 nitrogen and oxygen atoms in total. The van der Waals surface area contributed by atoms with Gasteiger partial charge in [0.2, 0.25) is 15.9 Å². The van der Waals surface area contributed by atoms with Gasteiger partial charge in [0.25, 0.3) is 0 Å². The van der Waals surface area contributed by atoms with E-state index in [2.05, 4.69) is 30.9 Å². The summed E-state index contributed by atoms with van der Waals surface area (Å²) in [4.78, 5) is 14.5. The number of sulfonamides is 1. The first kappa shape index (κ1) is 20.7. The third kappa shape index (κ3) is 5.72. The fourth-order valence-electron chi connectivity index (χ4n) is 3.20. The van der Waals surface area contributed by atoms with Gasteiger partial charge in [-0.2, -0.15) is 0 Å². The van der Waals surface area contributed by atoms with E-state index in [0.29, 0.717) is 11.4 Å². The van der Waals surface area contributed by atoms with Gasteiger partial charge in [0.1, 0.15) is 5.75 Å². The first-order valence-electron chi connectivity index (χ1n) is 9.24. The minimum Gasteiger partial charge on any atom is -0.372 e.